The van der Waals surface area contributed by atoms with E-state index in [-0.39, 0.29) is 11.6 Å². The van der Waals surface area contributed by atoms with Crippen molar-refractivity contribution in [3.8, 4) is 0 Å². The summed E-state index contributed by atoms with van der Waals surface area (Å²) in [6.07, 6.45) is 6.70. The zero-order chi connectivity index (χ0) is 14.0. The number of rotatable bonds is 4. The molecule has 2 unspecified atom stereocenters. The fraction of sp³-hybridized carbons (Fsp3) is 0.867. The van der Waals surface area contributed by atoms with E-state index in [9.17, 15) is 0 Å². The van der Waals surface area contributed by atoms with Gasteiger partial charge in [-0.05, 0) is 51.5 Å². The van der Waals surface area contributed by atoms with Gasteiger partial charge in [-0.25, -0.2) is 0 Å². The van der Waals surface area contributed by atoms with Crippen LogP contribution in [0.4, 0.5) is 0 Å². The average Bonchev–Trinajstić information content (AvgIpc) is 3.10. The van der Waals surface area contributed by atoms with Gasteiger partial charge in [0.1, 0.15) is 5.60 Å². The van der Waals surface area contributed by atoms with Crippen LogP contribution >= 0.6 is 0 Å². The normalized spacial score (nSPS) is 34.5. The maximum absolute atomic E-state index is 6.10. The summed E-state index contributed by atoms with van der Waals surface area (Å²) in [6.45, 7) is 6.06. The Balaban J connectivity index is 1.83. The highest BCUT2D eigenvalue weighted by Gasteiger charge is 2.42. The van der Waals surface area contributed by atoms with Crippen molar-refractivity contribution < 1.29 is 9.26 Å². The molecule has 1 aromatic heterocycles. The van der Waals surface area contributed by atoms with Crippen LogP contribution in [0.5, 0.6) is 0 Å². The predicted octanol–water partition coefficient (Wildman–Crippen LogP) is 2.94. The summed E-state index contributed by atoms with van der Waals surface area (Å²) >= 11 is 0. The van der Waals surface area contributed by atoms with Crippen LogP contribution in [0.25, 0.3) is 0 Å². The van der Waals surface area contributed by atoms with Gasteiger partial charge in [-0.15, -0.1) is 0 Å². The Kier molecular flexibility index (Phi) is 4.08. The molecular formula is C15H25N3O2. The second-order valence-corrected chi connectivity index (χ2v) is 6.23. The first kappa shape index (κ1) is 14.0. The van der Waals surface area contributed by atoms with E-state index in [0.29, 0.717) is 12.5 Å². The molecule has 1 N–H and O–H groups in total. The molecule has 0 aromatic carbocycles. The van der Waals surface area contributed by atoms with E-state index in [0.717, 1.165) is 37.5 Å². The smallest absolute Gasteiger partial charge is 0.243 e. The van der Waals surface area contributed by atoms with Crippen LogP contribution in [-0.2, 0) is 10.3 Å². The number of hydrogen-bond acceptors (Lipinski definition) is 5. The summed E-state index contributed by atoms with van der Waals surface area (Å²) in [4.78, 5) is 4.68. The second-order valence-electron chi connectivity index (χ2n) is 6.23. The summed E-state index contributed by atoms with van der Waals surface area (Å²) in [5.74, 6) is 2.14. The van der Waals surface area contributed by atoms with Crippen molar-refractivity contribution >= 4 is 0 Å². The van der Waals surface area contributed by atoms with E-state index in [2.05, 4.69) is 22.4 Å². The fourth-order valence-electron chi connectivity index (χ4n) is 3.64. The largest absolute Gasteiger partial charge is 0.367 e. The zero-order valence-corrected chi connectivity index (χ0v) is 12.5. The summed E-state index contributed by atoms with van der Waals surface area (Å²) < 4.78 is 11.6. The molecule has 0 amide bonds. The SMILES string of the molecule is CCOC1(c2noc([C@@H]3CCCN3)n2)CCCC(C)C1. The molecule has 1 saturated carbocycles. The number of aromatic nitrogens is 2. The van der Waals surface area contributed by atoms with Gasteiger partial charge >= 0.3 is 0 Å². The van der Waals surface area contributed by atoms with E-state index >= 15 is 0 Å². The topological polar surface area (TPSA) is 60.2 Å². The van der Waals surface area contributed by atoms with Crippen LogP contribution in [0, 0.1) is 5.92 Å². The quantitative estimate of drug-likeness (QED) is 0.918. The summed E-state index contributed by atoms with van der Waals surface area (Å²) in [5.41, 5.74) is -0.327. The molecule has 1 aromatic rings. The van der Waals surface area contributed by atoms with E-state index in [1.807, 2.05) is 6.92 Å². The highest BCUT2D eigenvalue weighted by atomic mass is 16.5. The van der Waals surface area contributed by atoms with E-state index < -0.39 is 0 Å². The third-order valence-electron chi connectivity index (χ3n) is 4.58. The lowest BCUT2D eigenvalue weighted by molar-refractivity contribution is -0.0891. The van der Waals surface area contributed by atoms with Crippen molar-refractivity contribution in [3.63, 3.8) is 0 Å². The minimum Gasteiger partial charge on any atom is -0.367 e. The average molecular weight is 279 g/mol. The first-order valence-corrected chi connectivity index (χ1v) is 7.95. The van der Waals surface area contributed by atoms with E-state index in [1.54, 1.807) is 0 Å². The number of hydrogen-bond donors (Lipinski definition) is 1. The number of ether oxygens (including phenoxy) is 1. The Morgan fingerprint density at radius 3 is 3.00 bits per heavy atom. The molecule has 5 heteroatoms. The predicted molar refractivity (Wildman–Crippen MR) is 75.2 cm³/mol. The van der Waals surface area contributed by atoms with Gasteiger partial charge in [0.05, 0.1) is 6.04 Å². The maximum atomic E-state index is 6.10. The Hall–Kier alpha value is -0.940. The van der Waals surface area contributed by atoms with Crippen molar-refractivity contribution in [2.75, 3.05) is 13.2 Å². The molecule has 0 spiro atoms. The minimum absolute atomic E-state index is 0.232. The zero-order valence-electron chi connectivity index (χ0n) is 12.5. The Bertz CT molecular complexity index is 438. The fourth-order valence-corrected chi connectivity index (χ4v) is 3.64. The molecule has 20 heavy (non-hydrogen) atoms. The Morgan fingerprint density at radius 1 is 1.40 bits per heavy atom. The highest BCUT2D eigenvalue weighted by Crippen LogP contribution is 2.42. The first-order chi connectivity index (χ1) is 9.73. The van der Waals surface area contributed by atoms with Gasteiger partial charge in [0.25, 0.3) is 0 Å². The monoisotopic (exact) mass is 279 g/mol. The molecule has 3 atom stereocenters. The van der Waals surface area contributed by atoms with Gasteiger partial charge in [-0.2, -0.15) is 4.98 Å². The molecule has 1 aliphatic carbocycles. The van der Waals surface area contributed by atoms with Gasteiger partial charge in [0, 0.05) is 6.61 Å². The molecule has 112 valence electrons. The van der Waals surface area contributed by atoms with Gasteiger partial charge in [-0.3, -0.25) is 0 Å². The molecule has 5 nitrogen and oxygen atoms in total. The van der Waals surface area contributed by atoms with E-state index in [4.69, 9.17) is 9.26 Å². The van der Waals surface area contributed by atoms with E-state index in [1.165, 1.54) is 19.3 Å². The van der Waals surface area contributed by atoms with Gasteiger partial charge < -0.3 is 14.6 Å². The van der Waals surface area contributed by atoms with Crippen LogP contribution in [0.3, 0.4) is 0 Å². The van der Waals surface area contributed by atoms with Crippen molar-refractivity contribution in [2.45, 2.75) is 64.0 Å². The third-order valence-corrected chi connectivity index (χ3v) is 4.58. The molecule has 3 rings (SSSR count). The van der Waals surface area contributed by atoms with Crippen LogP contribution in [0.15, 0.2) is 4.52 Å². The molecule has 2 heterocycles. The summed E-state index contributed by atoms with van der Waals surface area (Å²) in [6, 6.07) is 0.232. The maximum Gasteiger partial charge on any atom is 0.243 e. The lowest BCUT2D eigenvalue weighted by Crippen LogP contribution is -2.36. The lowest BCUT2D eigenvalue weighted by atomic mass is 9.78. The second kappa shape index (κ2) is 5.82. The molecular weight excluding hydrogens is 254 g/mol. The third kappa shape index (κ3) is 2.61. The van der Waals surface area contributed by atoms with Gasteiger partial charge in [0.2, 0.25) is 11.7 Å². The molecule has 2 fully saturated rings. The standard InChI is InChI=1S/C15H25N3O2/c1-3-19-15(8-4-6-11(2)10-15)14-17-13(20-18-14)12-7-5-9-16-12/h11-12,16H,3-10H2,1-2H3/t11?,12-,15?/m0/s1. The highest BCUT2D eigenvalue weighted by molar-refractivity contribution is 5.06. The Morgan fingerprint density at radius 2 is 2.30 bits per heavy atom. The van der Waals surface area contributed by atoms with Crippen molar-refractivity contribution in [2.24, 2.45) is 5.92 Å². The van der Waals surface area contributed by atoms with Crippen LogP contribution in [-0.4, -0.2) is 23.3 Å². The number of nitrogens with one attached hydrogen (secondary N) is 1. The number of nitrogens with zero attached hydrogens (tertiary/aromatic N) is 2. The van der Waals surface area contributed by atoms with Crippen LogP contribution in [0.2, 0.25) is 0 Å². The molecule has 1 saturated heterocycles. The van der Waals surface area contributed by atoms with Crippen molar-refractivity contribution in [1.82, 2.24) is 15.5 Å². The minimum atomic E-state index is -0.327. The molecule has 2 aliphatic rings. The van der Waals surface area contributed by atoms with Crippen molar-refractivity contribution in [3.05, 3.63) is 11.7 Å². The molecule has 1 aliphatic heterocycles. The van der Waals surface area contributed by atoms with Crippen molar-refractivity contribution in [1.29, 1.82) is 0 Å². The molecule has 0 bridgehead atoms. The molecule has 0 radical (unpaired) electrons. The lowest BCUT2D eigenvalue weighted by Gasteiger charge is -2.37. The summed E-state index contributed by atoms with van der Waals surface area (Å²) in [7, 11) is 0. The first-order valence-electron chi connectivity index (χ1n) is 7.95. The summed E-state index contributed by atoms with van der Waals surface area (Å²) in [5, 5.41) is 7.66. The van der Waals surface area contributed by atoms with Crippen LogP contribution < -0.4 is 5.32 Å². The van der Waals surface area contributed by atoms with Gasteiger partial charge in [0.15, 0.2) is 0 Å². The Labute approximate surface area is 120 Å². The van der Waals surface area contributed by atoms with Gasteiger partial charge in [-0.1, -0.05) is 18.5 Å². The van der Waals surface area contributed by atoms with Crippen LogP contribution in [0.1, 0.15) is 70.1 Å².